The van der Waals surface area contributed by atoms with E-state index >= 15 is 0 Å². The van der Waals surface area contributed by atoms with E-state index in [1.54, 1.807) is 4.68 Å². The van der Waals surface area contributed by atoms with Crippen molar-refractivity contribution in [3.8, 4) is 5.75 Å². The van der Waals surface area contributed by atoms with E-state index in [4.69, 9.17) is 4.74 Å². The Morgan fingerprint density at radius 1 is 1.35 bits per heavy atom. The Labute approximate surface area is 128 Å². The lowest BCUT2D eigenvalue weighted by atomic mass is 10.2. The molecule has 0 saturated carbocycles. The number of hydrogen-bond donors (Lipinski definition) is 1. The van der Waals surface area contributed by atoms with E-state index in [1.165, 1.54) is 5.56 Å². The predicted octanol–water partition coefficient (Wildman–Crippen LogP) is 3.26. The Kier molecular flexibility index (Phi) is 5.61. The number of halogens is 1. The first-order chi connectivity index (χ1) is 9.69. The second-order valence-electron chi connectivity index (χ2n) is 4.75. The van der Waals surface area contributed by atoms with Crippen LogP contribution in [0.25, 0.3) is 0 Å². The van der Waals surface area contributed by atoms with Gasteiger partial charge in [-0.25, -0.2) is 0 Å². The molecule has 0 spiro atoms. The third kappa shape index (κ3) is 4.35. The summed E-state index contributed by atoms with van der Waals surface area (Å²) >= 11 is 3.56. The molecule has 0 saturated heterocycles. The molecule has 20 heavy (non-hydrogen) atoms. The summed E-state index contributed by atoms with van der Waals surface area (Å²) in [5.41, 5.74) is 2.31. The smallest absolute Gasteiger partial charge is 0.134 e. The fourth-order valence-electron chi connectivity index (χ4n) is 1.89. The summed E-state index contributed by atoms with van der Waals surface area (Å²) in [6, 6.07) is 6.19. The van der Waals surface area contributed by atoms with Gasteiger partial charge in [0.25, 0.3) is 0 Å². The van der Waals surface area contributed by atoms with Gasteiger partial charge in [-0.1, -0.05) is 13.0 Å². The first-order valence-corrected chi connectivity index (χ1v) is 7.58. The van der Waals surface area contributed by atoms with Gasteiger partial charge in [0.15, 0.2) is 0 Å². The van der Waals surface area contributed by atoms with Crippen molar-refractivity contribution in [2.75, 3.05) is 6.54 Å². The number of ether oxygens (including phenoxy) is 1. The Balaban J connectivity index is 1.92. The number of aromatic nitrogens is 2. The van der Waals surface area contributed by atoms with Crippen LogP contribution >= 0.6 is 15.9 Å². The number of hydrogen-bond acceptors (Lipinski definition) is 3. The van der Waals surface area contributed by atoms with Crippen LogP contribution in [0, 0.1) is 0 Å². The summed E-state index contributed by atoms with van der Waals surface area (Å²) in [6.07, 6.45) is 4.92. The van der Waals surface area contributed by atoms with Gasteiger partial charge < -0.3 is 10.1 Å². The van der Waals surface area contributed by atoms with Crippen molar-refractivity contribution in [1.29, 1.82) is 0 Å². The second kappa shape index (κ2) is 7.45. The Bertz CT molecular complexity index is 554. The van der Waals surface area contributed by atoms with E-state index in [0.717, 1.165) is 35.3 Å². The molecule has 108 valence electrons. The normalized spacial score (nSPS) is 10.8. The molecular formula is C15H20BrN3O. The Morgan fingerprint density at radius 3 is 2.85 bits per heavy atom. The molecule has 0 bridgehead atoms. The van der Waals surface area contributed by atoms with Gasteiger partial charge in [0, 0.05) is 25.4 Å². The van der Waals surface area contributed by atoms with Crippen molar-refractivity contribution in [3.63, 3.8) is 0 Å². The standard InChI is InChI=1S/C15H20BrN3O/c1-3-6-17-8-12-4-5-15(14(16)7-12)20-11-13-9-18-19(2)10-13/h4-5,7,9-10,17H,3,6,8,11H2,1-2H3. The van der Waals surface area contributed by atoms with Crippen molar-refractivity contribution < 1.29 is 4.74 Å². The van der Waals surface area contributed by atoms with Gasteiger partial charge in [0.1, 0.15) is 12.4 Å². The summed E-state index contributed by atoms with van der Waals surface area (Å²) in [5.74, 6) is 0.855. The van der Waals surface area contributed by atoms with E-state index in [9.17, 15) is 0 Å². The number of nitrogens with zero attached hydrogens (tertiary/aromatic N) is 2. The minimum atomic E-state index is 0.528. The van der Waals surface area contributed by atoms with E-state index in [2.05, 4.69) is 45.4 Å². The lowest BCUT2D eigenvalue weighted by molar-refractivity contribution is 0.304. The van der Waals surface area contributed by atoms with Crippen LogP contribution < -0.4 is 10.1 Å². The lowest BCUT2D eigenvalue weighted by Gasteiger charge is -2.09. The van der Waals surface area contributed by atoms with Crippen LogP contribution in [0.5, 0.6) is 5.75 Å². The molecule has 4 nitrogen and oxygen atoms in total. The van der Waals surface area contributed by atoms with E-state index in [-0.39, 0.29) is 0 Å². The fraction of sp³-hybridized carbons (Fsp3) is 0.400. The molecule has 1 aromatic carbocycles. The fourth-order valence-corrected chi connectivity index (χ4v) is 2.43. The minimum absolute atomic E-state index is 0.528. The van der Waals surface area contributed by atoms with Crippen LogP contribution in [0.2, 0.25) is 0 Å². The molecular weight excluding hydrogens is 318 g/mol. The van der Waals surface area contributed by atoms with Gasteiger partial charge in [-0.3, -0.25) is 4.68 Å². The summed E-state index contributed by atoms with van der Waals surface area (Å²) in [7, 11) is 1.90. The molecule has 0 atom stereocenters. The van der Waals surface area contributed by atoms with Gasteiger partial charge in [-0.15, -0.1) is 0 Å². The van der Waals surface area contributed by atoms with Gasteiger partial charge in [0.05, 0.1) is 10.7 Å². The maximum atomic E-state index is 5.80. The average molecular weight is 338 g/mol. The molecule has 1 heterocycles. The topological polar surface area (TPSA) is 39.1 Å². The first kappa shape index (κ1) is 15.1. The Morgan fingerprint density at radius 2 is 2.20 bits per heavy atom. The highest BCUT2D eigenvalue weighted by molar-refractivity contribution is 9.10. The van der Waals surface area contributed by atoms with Crippen molar-refractivity contribution in [2.45, 2.75) is 26.5 Å². The predicted molar refractivity (Wildman–Crippen MR) is 83.7 cm³/mol. The van der Waals surface area contributed by atoms with Crippen molar-refractivity contribution in [2.24, 2.45) is 7.05 Å². The molecule has 2 rings (SSSR count). The number of nitrogens with one attached hydrogen (secondary N) is 1. The average Bonchev–Trinajstić information content (AvgIpc) is 2.84. The number of aryl methyl sites for hydroxylation is 1. The van der Waals surface area contributed by atoms with Gasteiger partial charge >= 0.3 is 0 Å². The zero-order valence-electron chi connectivity index (χ0n) is 11.9. The highest BCUT2D eigenvalue weighted by Crippen LogP contribution is 2.26. The van der Waals surface area contributed by atoms with Gasteiger partial charge in [-0.05, 0) is 46.6 Å². The van der Waals surface area contributed by atoms with Crippen molar-refractivity contribution in [1.82, 2.24) is 15.1 Å². The lowest BCUT2D eigenvalue weighted by Crippen LogP contribution is -2.13. The van der Waals surface area contributed by atoms with Gasteiger partial charge in [-0.2, -0.15) is 5.10 Å². The third-order valence-corrected chi connectivity index (χ3v) is 3.52. The Hall–Kier alpha value is -1.33. The molecule has 2 aromatic rings. The van der Waals surface area contributed by atoms with Gasteiger partial charge in [0.2, 0.25) is 0 Å². The SMILES string of the molecule is CCCNCc1ccc(OCc2cnn(C)c2)c(Br)c1. The maximum absolute atomic E-state index is 5.80. The quantitative estimate of drug-likeness (QED) is 0.788. The highest BCUT2D eigenvalue weighted by atomic mass is 79.9. The van der Waals surface area contributed by atoms with E-state index < -0.39 is 0 Å². The molecule has 1 N–H and O–H groups in total. The molecule has 1 aromatic heterocycles. The summed E-state index contributed by atoms with van der Waals surface area (Å²) < 4.78 is 8.55. The number of benzene rings is 1. The molecule has 0 unspecified atom stereocenters. The molecule has 0 aliphatic heterocycles. The maximum Gasteiger partial charge on any atom is 0.134 e. The summed E-state index contributed by atoms with van der Waals surface area (Å²) in [6.45, 7) is 4.62. The zero-order valence-corrected chi connectivity index (χ0v) is 13.5. The van der Waals surface area contributed by atoms with Crippen molar-refractivity contribution in [3.05, 3.63) is 46.2 Å². The van der Waals surface area contributed by atoms with Crippen LogP contribution in [-0.4, -0.2) is 16.3 Å². The van der Waals surface area contributed by atoms with Crippen LogP contribution in [0.4, 0.5) is 0 Å². The second-order valence-corrected chi connectivity index (χ2v) is 5.61. The van der Waals surface area contributed by atoms with E-state index in [1.807, 2.05) is 25.5 Å². The molecule has 5 heteroatoms. The largest absolute Gasteiger partial charge is 0.488 e. The first-order valence-electron chi connectivity index (χ1n) is 6.78. The number of rotatable bonds is 7. The summed E-state index contributed by atoms with van der Waals surface area (Å²) in [4.78, 5) is 0. The zero-order chi connectivity index (χ0) is 14.4. The molecule has 0 aliphatic rings. The van der Waals surface area contributed by atoms with Crippen molar-refractivity contribution >= 4 is 15.9 Å². The molecule has 0 radical (unpaired) electrons. The molecule has 0 aliphatic carbocycles. The van der Waals surface area contributed by atoms with Crippen LogP contribution in [-0.2, 0) is 20.2 Å². The van der Waals surface area contributed by atoms with Crippen LogP contribution in [0.3, 0.4) is 0 Å². The molecule has 0 amide bonds. The van der Waals surface area contributed by atoms with E-state index in [0.29, 0.717) is 6.61 Å². The highest BCUT2D eigenvalue weighted by Gasteiger charge is 2.04. The summed E-state index contributed by atoms with van der Waals surface area (Å²) in [5, 5.41) is 7.51. The third-order valence-electron chi connectivity index (χ3n) is 2.90. The molecule has 0 fully saturated rings. The van der Waals surface area contributed by atoms with Crippen LogP contribution in [0.15, 0.2) is 35.1 Å². The monoisotopic (exact) mass is 337 g/mol. The minimum Gasteiger partial charge on any atom is -0.488 e. The van der Waals surface area contributed by atoms with Crippen LogP contribution in [0.1, 0.15) is 24.5 Å².